The van der Waals surface area contributed by atoms with Crippen molar-refractivity contribution in [1.82, 2.24) is 9.93 Å². The van der Waals surface area contributed by atoms with Crippen molar-refractivity contribution in [2.45, 2.75) is 0 Å². The summed E-state index contributed by atoms with van der Waals surface area (Å²) in [5, 5.41) is 1.70. The SMILES string of the molecule is [B]N1C(=C)C(=C)C(=C)N1C. The van der Waals surface area contributed by atoms with E-state index in [0.717, 1.165) is 11.3 Å². The topological polar surface area (TPSA) is 6.48 Å². The number of likely N-dealkylation sites (N-methyl/N-ethyl adjacent to an activating group) is 1. The maximum Gasteiger partial charge on any atom is 0.262 e. The molecular formula is C7H9BN2. The fourth-order valence-corrected chi connectivity index (χ4v) is 0.811. The molecule has 0 bridgehead atoms. The van der Waals surface area contributed by atoms with Crippen molar-refractivity contribution in [2.75, 3.05) is 7.05 Å². The minimum atomic E-state index is 0.701. The summed E-state index contributed by atoms with van der Waals surface area (Å²) in [6, 6.07) is 0. The Bertz CT molecular complexity index is 198. The first kappa shape index (κ1) is 7.00. The van der Waals surface area contributed by atoms with E-state index in [9.17, 15) is 0 Å². The molecule has 0 aromatic carbocycles. The second kappa shape index (κ2) is 1.94. The monoisotopic (exact) mass is 132 g/mol. The third-order valence-electron chi connectivity index (χ3n) is 1.69. The van der Waals surface area contributed by atoms with Crippen LogP contribution in [0.15, 0.2) is 36.7 Å². The van der Waals surface area contributed by atoms with E-state index in [-0.39, 0.29) is 0 Å². The van der Waals surface area contributed by atoms with Gasteiger partial charge in [0.2, 0.25) is 0 Å². The standard InChI is InChI=1S/C7H9BN2/c1-5-6(2)9(4)10(8)7(5)3/h1-3H2,4H3. The molecule has 0 spiro atoms. The van der Waals surface area contributed by atoms with Gasteiger partial charge in [0.1, 0.15) is 0 Å². The zero-order chi connectivity index (χ0) is 7.89. The third-order valence-corrected chi connectivity index (χ3v) is 1.69. The molecule has 2 nitrogen and oxygen atoms in total. The second-order valence-corrected chi connectivity index (χ2v) is 2.24. The smallest absolute Gasteiger partial charge is 0.262 e. The van der Waals surface area contributed by atoms with Gasteiger partial charge in [-0.2, -0.15) is 0 Å². The van der Waals surface area contributed by atoms with Crippen molar-refractivity contribution in [3.63, 3.8) is 0 Å². The van der Waals surface area contributed by atoms with E-state index in [1.807, 2.05) is 7.05 Å². The van der Waals surface area contributed by atoms with Crippen LogP contribution in [0, 0.1) is 0 Å². The molecule has 0 N–H and O–H groups in total. The lowest BCUT2D eigenvalue weighted by Crippen LogP contribution is -2.27. The van der Waals surface area contributed by atoms with Gasteiger partial charge in [0.05, 0.1) is 5.70 Å². The van der Waals surface area contributed by atoms with Gasteiger partial charge in [0.15, 0.2) is 0 Å². The van der Waals surface area contributed by atoms with Gasteiger partial charge < -0.3 is 9.93 Å². The number of hydrazine groups is 1. The lowest BCUT2D eigenvalue weighted by Gasteiger charge is -2.23. The highest BCUT2D eigenvalue weighted by Gasteiger charge is 2.22. The Labute approximate surface area is 62.5 Å². The van der Waals surface area contributed by atoms with Crippen molar-refractivity contribution >= 4 is 7.98 Å². The first-order valence-electron chi connectivity index (χ1n) is 2.91. The third kappa shape index (κ3) is 0.669. The molecular weight excluding hydrogens is 123 g/mol. The lowest BCUT2D eigenvalue weighted by molar-refractivity contribution is 0.227. The van der Waals surface area contributed by atoms with Crippen molar-refractivity contribution < 1.29 is 0 Å². The molecule has 1 aliphatic rings. The van der Waals surface area contributed by atoms with E-state index in [0.29, 0.717) is 5.70 Å². The van der Waals surface area contributed by atoms with Crippen LogP contribution in [-0.2, 0) is 0 Å². The van der Waals surface area contributed by atoms with Crippen LogP contribution in [0.1, 0.15) is 0 Å². The normalized spacial score (nSPS) is 19.1. The molecule has 2 radical (unpaired) electrons. The molecule has 1 saturated heterocycles. The molecule has 0 amide bonds. The van der Waals surface area contributed by atoms with Crippen LogP contribution >= 0.6 is 0 Å². The highest BCUT2D eigenvalue weighted by Crippen LogP contribution is 2.28. The minimum Gasteiger partial charge on any atom is -0.344 e. The second-order valence-electron chi connectivity index (χ2n) is 2.24. The summed E-state index contributed by atoms with van der Waals surface area (Å²) >= 11 is 0. The Morgan fingerprint density at radius 2 is 1.70 bits per heavy atom. The van der Waals surface area contributed by atoms with Gasteiger partial charge >= 0.3 is 0 Å². The number of hydrogen-bond donors (Lipinski definition) is 0. The molecule has 0 saturated carbocycles. The average molecular weight is 132 g/mol. The van der Waals surface area contributed by atoms with Crippen LogP contribution < -0.4 is 0 Å². The Balaban J connectivity index is 3.00. The quantitative estimate of drug-likeness (QED) is 0.450. The molecule has 0 unspecified atom stereocenters. The van der Waals surface area contributed by atoms with Gasteiger partial charge in [-0.3, -0.25) is 0 Å². The molecule has 1 heterocycles. The molecule has 0 aromatic heterocycles. The fourth-order valence-electron chi connectivity index (χ4n) is 0.811. The van der Waals surface area contributed by atoms with Crippen molar-refractivity contribution in [2.24, 2.45) is 0 Å². The van der Waals surface area contributed by atoms with Crippen LogP contribution in [0.25, 0.3) is 0 Å². The highest BCUT2D eigenvalue weighted by atomic mass is 15.6. The predicted molar refractivity (Wildman–Crippen MR) is 42.8 cm³/mol. The van der Waals surface area contributed by atoms with Crippen LogP contribution in [0.3, 0.4) is 0 Å². The van der Waals surface area contributed by atoms with Gasteiger partial charge in [-0.05, 0) is 0 Å². The summed E-state index contributed by atoms with van der Waals surface area (Å²) in [5.74, 6) is 0. The highest BCUT2D eigenvalue weighted by molar-refractivity contribution is 6.06. The van der Waals surface area contributed by atoms with E-state index in [2.05, 4.69) is 19.7 Å². The Kier molecular flexibility index (Phi) is 1.36. The molecule has 1 rings (SSSR count). The van der Waals surface area contributed by atoms with Crippen molar-refractivity contribution in [3.05, 3.63) is 36.7 Å². The largest absolute Gasteiger partial charge is 0.344 e. The Morgan fingerprint density at radius 1 is 1.20 bits per heavy atom. The summed E-state index contributed by atoms with van der Waals surface area (Å²) in [7, 11) is 7.35. The molecule has 3 heteroatoms. The first-order chi connectivity index (χ1) is 4.55. The number of rotatable bonds is 0. The van der Waals surface area contributed by atoms with Gasteiger partial charge in [-0.1, -0.05) is 19.7 Å². The molecule has 50 valence electrons. The van der Waals surface area contributed by atoms with E-state index >= 15 is 0 Å². The van der Waals surface area contributed by atoms with Crippen molar-refractivity contribution in [1.29, 1.82) is 0 Å². The van der Waals surface area contributed by atoms with Crippen LogP contribution in [0.2, 0.25) is 0 Å². The van der Waals surface area contributed by atoms with Gasteiger partial charge in [-0.15, -0.1) is 0 Å². The van der Waals surface area contributed by atoms with Crippen LogP contribution in [0.5, 0.6) is 0 Å². The number of hydrogen-bond acceptors (Lipinski definition) is 2. The molecule has 0 aromatic rings. The first-order valence-corrected chi connectivity index (χ1v) is 2.91. The zero-order valence-corrected chi connectivity index (χ0v) is 6.09. The molecule has 1 fully saturated rings. The van der Waals surface area contributed by atoms with E-state index < -0.39 is 0 Å². The van der Waals surface area contributed by atoms with Gasteiger partial charge in [0, 0.05) is 18.3 Å². The van der Waals surface area contributed by atoms with Gasteiger partial charge in [-0.25, -0.2) is 0 Å². The van der Waals surface area contributed by atoms with Crippen molar-refractivity contribution in [3.8, 4) is 0 Å². The van der Waals surface area contributed by atoms with Crippen LogP contribution in [-0.4, -0.2) is 25.0 Å². The molecule has 1 aliphatic heterocycles. The summed E-state index contributed by atoms with van der Waals surface area (Å²) in [4.78, 5) is 1.42. The van der Waals surface area contributed by atoms with E-state index in [4.69, 9.17) is 7.98 Å². The fraction of sp³-hybridized carbons (Fsp3) is 0.143. The maximum atomic E-state index is 5.54. The zero-order valence-electron chi connectivity index (χ0n) is 6.09. The lowest BCUT2D eigenvalue weighted by atomic mass is 10.2. The minimum absolute atomic E-state index is 0.701. The summed E-state index contributed by atoms with van der Waals surface area (Å²) in [6.07, 6.45) is 0. The summed E-state index contributed by atoms with van der Waals surface area (Å²) in [5.41, 5.74) is 2.30. The molecule has 0 atom stereocenters. The summed E-state index contributed by atoms with van der Waals surface area (Å²) < 4.78 is 0. The average Bonchev–Trinajstić information content (AvgIpc) is 2.07. The predicted octanol–water partition coefficient (Wildman–Crippen LogP) is 0.816. The van der Waals surface area contributed by atoms with E-state index in [1.54, 1.807) is 5.01 Å². The summed E-state index contributed by atoms with van der Waals surface area (Å²) in [6.45, 7) is 11.2. The molecule has 0 aliphatic carbocycles. The number of nitrogens with zero attached hydrogens (tertiary/aromatic N) is 2. The Hall–Kier alpha value is -1.12. The maximum absolute atomic E-state index is 5.54. The van der Waals surface area contributed by atoms with E-state index in [1.165, 1.54) is 4.92 Å². The Morgan fingerprint density at radius 3 is 1.80 bits per heavy atom. The van der Waals surface area contributed by atoms with Gasteiger partial charge in [0.25, 0.3) is 7.98 Å². The molecule has 10 heavy (non-hydrogen) atoms. The van der Waals surface area contributed by atoms with Crippen LogP contribution in [0.4, 0.5) is 0 Å².